The Bertz CT molecular complexity index is 1810. The maximum atomic E-state index is 6.13. The highest BCUT2D eigenvalue weighted by atomic mass is 15.4. The summed E-state index contributed by atoms with van der Waals surface area (Å²) < 4.78 is 3.99. The second-order valence-electron chi connectivity index (χ2n) is 9.95. The number of anilines is 2. The van der Waals surface area contributed by atoms with Gasteiger partial charge in [0.15, 0.2) is 5.82 Å². The van der Waals surface area contributed by atoms with E-state index in [2.05, 4.69) is 74.4 Å². The molecule has 184 valence electrons. The van der Waals surface area contributed by atoms with Gasteiger partial charge in [-0.15, -0.1) is 5.10 Å². The van der Waals surface area contributed by atoms with Crippen LogP contribution in [0.15, 0.2) is 55.1 Å². The number of aromatic nitrogens is 7. The average Bonchev–Trinajstić information content (AvgIpc) is 3.55. The van der Waals surface area contributed by atoms with E-state index in [4.69, 9.17) is 10.7 Å². The van der Waals surface area contributed by atoms with Crippen LogP contribution in [-0.4, -0.2) is 34.3 Å². The molecule has 9 heteroatoms. The van der Waals surface area contributed by atoms with Crippen molar-refractivity contribution in [2.75, 3.05) is 11.1 Å². The zero-order valence-corrected chi connectivity index (χ0v) is 20.8. The molecular weight excluding hydrogens is 462 g/mol. The first-order valence-electron chi connectivity index (χ1n) is 12.6. The first-order chi connectivity index (χ1) is 18.0. The largest absolute Gasteiger partial charge is 0.383 e. The molecule has 0 amide bonds. The number of hydrogen-bond acceptors (Lipinski definition) is 7. The number of aryl methyl sites for hydroxylation is 2. The monoisotopic (exact) mass is 489 g/mol. The maximum Gasteiger partial charge on any atom is 0.154 e. The summed E-state index contributed by atoms with van der Waals surface area (Å²) in [6.45, 7) is 5.36. The molecule has 9 nitrogen and oxygen atoms in total. The van der Waals surface area contributed by atoms with Gasteiger partial charge in [0.25, 0.3) is 0 Å². The molecule has 0 atom stereocenters. The summed E-state index contributed by atoms with van der Waals surface area (Å²) in [5.74, 6) is 2.01. The van der Waals surface area contributed by atoms with Gasteiger partial charge in [-0.25, -0.2) is 19.6 Å². The molecule has 5 heterocycles. The Kier molecular flexibility index (Phi) is 4.85. The Balaban J connectivity index is 1.20. The summed E-state index contributed by atoms with van der Waals surface area (Å²) in [4.78, 5) is 13.7. The molecule has 3 N–H and O–H groups in total. The minimum atomic E-state index is 0.512. The van der Waals surface area contributed by atoms with Crippen LogP contribution in [0.4, 0.5) is 11.6 Å². The third-order valence-corrected chi connectivity index (χ3v) is 7.45. The van der Waals surface area contributed by atoms with Gasteiger partial charge >= 0.3 is 0 Å². The number of imidazole rings is 1. The van der Waals surface area contributed by atoms with Gasteiger partial charge in [0.2, 0.25) is 0 Å². The first-order valence-corrected chi connectivity index (χ1v) is 12.6. The lowest BCUT2D eigenvalue weighted by Crippen LogP contribution is -2.09. The number of nitrogens with zero attached hydrogens (tertiary/aromatic N) is 7. The summed E-state index contributed by atoms with van der Waals surface area (Å²) in [6.07, 6.45) is 10.4. The minimum absolute atomic E-state index is 0.512. The molecule has 1 aromatic carbocycles. The van der Waals surface area contributed by atoms with E-state index in [1.54, 1.807) is 12.4 Å². The molecule has 5 aromatic heterocycles. The fraction of sp³-hybridized carbons (Fsp3) is 0.250. The highest BCUT2D eigenvalue weighted by molar-refractivity contribution is 5.94. The van der Waals surface area contributed by atoms with E-state index in [9.17, 15) is 0 Å². The van der Waals surface area contributed by atoms with Gasteiger partial charge in [0.05, 0.1) is 12.2 Å². The van der Waals surface area contributed by atoms with Crippen molar-refractivity contribution in [3.05, 3.63) is 83.1 Å². The molecule has 37 heavy (non-hydrogen) atoms. The molecule has 1 aliphatic carbocycles. The second kappa shape index (κ2) is 8.26. The van der Waals surface area contributed by atoms with Crippen LogP contribution in [0, 0.1) is 13.8 Å². The van der Waals surface area contributed by atoms with E-state index in [1.165, 1.54) is 29.5 Å². The van der Waals surface area contributed by atoms with Crippen LogP contribution < -0.4 is 11.1 Å². The summed E-state index contributed by atoms with van der Waals surface area (Å²) >= 11 is 0. The topological polar surface area (TPSA) is 112 Å². The zero-order valence-electron chi connectivity index (χ0n) is 20.8. The average molecular weight is 490 g/mol. The van der Waals surface area contributed by atoms with Crippen LogP contribution >= 0.6 is 0 Å². The Labute approximate surface area is 213 Å². The second-order valence-corrected chi connectivity index (χ2v) is 9.95. The zero-order chi connectivity index (χ0) is 25.1. The first kappa shape index (κ1) is 21.7. The van der Waals surface area contributed by atoms with Crippen LogP contribution in [0.5, 0.6) is 0 Å². The van der Waals surface area contributed by atoms with Crippen molar-refractivity contribution in [2.45, 2.75) is 45.7 Å². The predicted octanol–water partition coefficient (Wildman–Crippen LogP) is 4.76. The fourth-order valence-electron chi connectivity index (χ4n) is 5.29. The van der Waals surface area contributed by atoms with Gasteiger partial charge in [0.1, 0.15) is 22.5 Å². The van der Waals surface area contributed by atoms with Crippen molar-refractivity contribution < 1.29 is 0 Å². The SMILES string of the molecule is Cc1cc2c(N)nccc2c(C)c1CNc1nccc2nnn(Cc3cn4cc(C5CC5)ccc4n3)c12. The highest BCUT2D eigenvalue weighted by Crippen LogP contribution is 2.40. The van der Waals surface area contributed by atoms with E-state index in [0.29, 0.717) is 24.8 Å². The van der Waals surface area contributed by atoms with E-state index in [1.807, 2.05) is 16.8 Å². The van der Waals surface area contributed by atoms with Gasteiger partial charge < -0.3 is 15.5 Å². The molecule has 0 unspecified atom stereocenters. The van der Waals surface area contributed by atoms with E-state index in [-0.39, 0.29) is 0 Å². The van der Waals surface area contributed by atoms with Crippen LogP contribution in [0.3, 0.4) is 0 Å². The lowest BCUT2D eigenvalue weighted by atomic mass is 9.96. The number of nitrogens with one attached hydrogen (secondary N) is 1. The van der Waals surface area contributed by atoms with Gasteiger partial charge in [-0.1, -0.05) is 11.3 Å². The van der Waals surface area contributed by atoms with Crippen LogP contribution in [0.1, 0.15) is 46.7 Å². The molecule has 0 radical (unpaired) electrons. The number of rotatable bonds is 6. The van der Waals surface area contributed by atoms with E-state index < -0.39 is 0 Å². The molecule has 0 saturated heterocycles. The number of pyridine rings is 3. The van der Waals surface area contributed by atoms with Crippen molar-refractivity contribution in [3.63, 3.8) is 0 Å². The minimum Gasteiger partial charge on any atom is -0.383 e. The number of benzene rings is 1. The summed E-state index contributed by atoms with van der Waals surface area (Å²) in [5.41, 5.74) is 14.6. The summed E-state index contributed by atoms with van der Waals surface area (Å²) in [5, 5.41) is 14.5. The Hall–Kier alpha value is -4.53. The van der Waals surface area contributed by atoms with E-state index >= 15 is 0 Å². The summed E-state index contributed by atoms with van der Waals surface area (Å²) in [7, 11) is 0. The highest BCUT2D eigenvalue weighted by Gasteiger charge is 2.24. The number of fused-ring (bicyclic) bond motifs is 3. The molecular formula is C28H27N9. The smallest absolute Gasteiger partial charge is 0.154 e. The normalized spacial score (nSPS) is 13.7. The van der Waals surface area contributed by atoms with Crippen molar-refractivity contribution in [3.8, 4) is 0 Å². The van der Waals surface area contributed by atoms with Crippen LogP contribution in [-0.2, 0) is 13.1 Å². The van der Waals surface area contributed by atoms with Gasteiger partial charge in [-0.2, -0.15) is 0 Å². The third kappa shape index (κ3) is 3.74. The molecule has 0 bridgehead atoms. The molecule has 6 aromatic rings. The van der Waals surface area contributed by atoms with Crippen LogP contribution in [0.25, 0.3) is 27.5 Å². The lowest BCUT2D eigenvalue weighted by Gasteiger charge is -2.15. The molecule has 1 aliphatic rings. The summed E-state index contributed by atoms with van der Waals surface area (Å²) in [6, 6.07) is 10.3. The number of nitrogens with two attached hydrogens (primary N) is 1. The molecule has 0 spiro atoms. The predicted molar refractivity (Wildman–Crippen MR) is 145 cm³/mol. The molecule has 7 rings (SSSR count). The molecule has 1 fully saturated rings. The Morgan fingerprint density at radius 2 is 1.89 bits per heavy atom. The Morgan fingerprint density at radius 3 is 2.76 bits per heavy atom. The molecule has 0 aliphatic heterocycles. The van der Waals surface area contributed by atoms with Crippen molar-refractivity contribution in [1.82, 2.24) is 34.3 Å². The quantitative estimate of drug-likeness (QED) is 0.347. The van der Waals surface area contributed by atoms with Crippen molar-refractivity contribution in [2.24, 2.45) is 0 Å². The Morgan fingerprint density at radius 1 is 1.03 bits per heavy atom. The van der Waals surface area contributed by atoms with Crippen molar-refractivity contribution in [1.29, 1.82) is 0 Å². The standard InChI is InChI=1S/C28H27N9/c1-16-11-22-21(7-9-30-27(22)29)17(2)23(16)12-32-28-26-24(8-10-31-28)34-35-37(26)15-20-14-36-13-19(18-3-4-18)5-6-25(36)33-20/h5-11,13-14,18H,3-4,12,15H2,1-2H3,(H2,29,30)(H,31,32). The molecule has 1 saturated carbocycles. The fourth-order valence-corrected chi connectivity index (χ4v) is 5.29. The number of hydrogen-bond donors (Lipinski definition) is 2. The van der Waals surface area contributed by atoms with Gasteiger partial charge in [-0.05, 0) is 84.5 Å². The van der Waals surface area contributed by atoms with Gasteiger partial charge in [0, 0.05) is 36.7 Å². The maximum absolute atomic E-state index is 6.13. The number of nitrogen functional groups attached to an aromatic ring is 1. The van der Waals surface area contributed by atoms with E-state index in [0.717, 1.165) is 44.5 Å². The van der Waals surface area contributed by atoms with Crippen LogP contribution in [0.2, 0.25) is 0 Å². The van der Waals surface area contributed by atoms with Crippen molar-refractivity contribution >= 4 is 39.1 Å². The lowest BCUT2D eigenvalue weighted by molar-refractivity contribution is 0.660. The third-order valence-electron chi connectivity index (χ3n) is 7.45. The van der Waals surface area contributed by atoms with Gasteiger partial charge in [-0.3, -0.25) is 0 Å².